The Morgan fingerprint density at radius 2 is 1.94 bits per heavy atom. The topological polar surface area (TPSA) is 12.0 Å². The third kappa shape index (κ3) is 2.16. The molecule has 1 N–H and O–H groups in total. The molecule has 0 saturated heterocycles. The summed E-state index contributed by atoms with van der Waals surface area (Å²) in [5.74, 6) is 1.78. The maximum absolute atomic E-state index is 3.69. The van der Waals surface area contributed by atoms with Gasteiger partial charge in [0.05, 0.1) is 0 Å². The molecule has 0 aliphatic heterocycles. The number of rotatable bonds is 4. The second-order valence-corrected chi connectivity index (χ2v) is 5.39. The monoisotopic (exact) mass is 227 g/mol. The third-order valence-corrected chi connectivity index (χ3v) is 4.36. The fourth-order valence-electron chi connectivity index (χ4n) is 3.09. The fraction of sp³-hybridized carbons (Fsp3) is 0.500. The van der Waals surface area contributed by atoms with Gasteiger partial charge in [-0.1, -0.05) is 43.3 Å². The van der Waals surface area contributed by atoms with Crippen LogP contribution in [-0.4, -0.2) is 6.04 Å². The number of nitrogens with one attached hydrogen (secondary N) is 1. The predicted octanol–water partition coefficient (Wildman–Crippen LogP) is 3.30. The first-order valence-corrected chi connectivity index (χ1v) is 6.84. The molecule has 1 aromatic carbocycles. The van der Waals surface area contributed by atoms with Gasteiger partial charge in [-0.2, -0.15) is 0 Å². The van der Waals surface area contributed by atoms with E-state index >= 15 is 0 Å². The van der Waals surface area contributed by atoms with Crippen LogP contribution in [0, 0.1) is 11.8 Å². The molecule has 1 heteroatoms. The first-order valence-electron chi connectivity index (χ1n) is 6.84. The minimum atomic E-state index is 0.726. The highest BCUT2D eigenvalue weighted by atomic mass is 14.9. The molecular formula is C16H21N. The summed E-state index contributed by atoms with van der Waals surface area (Å²) in [5.41, 5.74) is 2.84. The van der Waals surface area contributed by atoms with E-state index in [1.165, 1.54) is 24.0 Å². The third-order valence-electron chi connectivity index (χ3n) is 4.36. The van der Waals surface area contributed by atoms with Crippen LogP contribution in [0.5, 0.6) is 0 Å². The van der Waals surface area contributed by atoms with Crippen molar-refractivity contribution in [2.45, 2.75) is 38.8 Å². The molecule has 0 spiro atoms. The number of aryl methyl sites for hydroxylation is 1. The van der Waals surface area contributed by atoms with Gasteiger partial charge in [0.25, 0.3) is 0 Å². The Kier molecular flexibility index (Phi) is 3.02. The lowest BCUT2D eigenvalue weighted by Crippen LogP contribution is -2.47. The van der Waals surface area contributed by atoms with Crippen molar-refractivity contribution in [1.82, 2.24) is 5.32 Å². The second kappa shape index (κ2) is 4.66. The zero-order valence-corrected chi connectivity index (χ0v) is 10.5. The molecule has 2 aliphatic carbocycles. The van der Waals surface area contributed by atoms with Gasteiger partial charge in [-0.3, -0.25) is 0 Å². The van der Waals surface area contributed by atoms with Gasteiger partial charge in [-0.25, -0.2) is 0 Å². The van der Waals surface area contributed by atoms with Crippen molar-refractivity contribution < 1.29 is 0 Å². The van der Waals surface area contributed by atoms with Crippen molar-refractivity contribution in [3.05, 3.63) is 47.5 Å². The minimum absolute atomic E-state index is 0.726. The minimum Gasteiger partial charge on any atom is -0.309 e. The highest BCUT2D eigenvalue weighted by Gasteiger charge is 2.40. The molecule has 2 aliphatic rings. The molecule has 0 radical (unpaired) electrons. The Bertz CT molecular complexity index is 404. The Hall–Kier alpha value is -1.08. The Morgan fingerprint density at radius 3 is 2.65 bits per heavy atom. The van der Waals surface area contributed by atoms with Gasteiger partial charge in [0.1, 0.15) is 0 Å². The van der Waals surface area contributed by atoms with Crippen LogP contribution in [0.4, 0.5) is 0 Å². The molecule has 1 saturated carbocycles. The largest absolute Gasteiger partial charge is 0.309 e. The van der Waals surface area contributed by atoms with Gasteiger partial charge in [-0.05, 0) is 42.2 Å². The molecule has 3 unspecified atom stereocenters. The molecular weight excluding hydrogens is 206 g/mol. The number of benzene rings is 1. The number of hydrogen-bond acceptors (Lipinski definition) is 1. The van der Waals surface area contributed by atoms with Crippen molar-refractivity contribution in [3.8, 4) is 0 Å². The smallest absolute Gasteiger partial charge is 0.0208 e. The summed E-state index contributed by atoms with van der Waals surface area (Å²) in [5, 5.41) is 3.69. The predicted molar refractivity (Wildman–Crippen MR) is 71.8 cm³/mol. The van der Waals surface area contributed by atoms with E-state index in [9.17, 15) is 0 Å². The molecule has 1 fully saturated rings. The van der Waals surface area contributed by atoms with Crippen LogP contribution in [-0.2, 0) is 13.0 Å². The standard InChI is InChI=1S/C16H21N/c1-2-12-6-8-13(9-7-12)11-17-16-10-14-4-3-5-15(14)16/h3,5-9,14-17H,2,4,10-11H2,1H3. The fourth-order valence-corrected chi connectivity index (χ4v) is 3.09. The van der Waals surface area contributed by atoms with Crippen LogP contribution in [0.25, 0.3) is 0 Å². The quantitative estimate of drug-likeness (QED) is 0.778. The van der Waals surface area contributed by atoms with Crippen LogP contribution >= 0.6 is 0 Å². The summed E-state index contributed by atoms with van der Waals surface area (Å²) in [6, 6.07) is 9.73. The maximum Gasteiger partial charge on any atom is 0.0208 e. The molecule has 3 rings (SSSR count). The Balaban J connectivity index is 1.52. The van der Waals surface area contributed by atoms with Crippen molar-refractivity contribution in [2.75, 3.05) is 0 Å². The van der Waals surface area contributed by atoms with Crippen LogP contribution in [0.1, 0.15) is 30.9 Å². The Labute approximate surface area is 104 Å². The molecule has 90 valence electrons. The van der Waals surface area contributed by atoms with E-state index < -0.39 is 0 Å². The summed E-state index contributed by atoms with van der Waals surface area (Å²) in [7, 11) is 0. The van der Waals surface area contributed by atoms with Crippen molar-refractivity contribution in [2.24, 2.45) is 11.8 Å². The van der Waals surface area contributed by atoms with E-state index in [-0.39, 0.29) is 0 Å². The number of hydrogen-bond donors (Lipinski definition) is 1. The summed E-state index contributed by atoms with van der Waals surface area (Å²) in [6.07, 6.45) is 8.57. The molecule has 3 atom stereocenters. The lowest BCUT2D eigenvalue weighted by Gasteiger charge is -2.40. The van der Waals surface area contributed by atoms with E-state index in [1.54, 1.807) is 0 Å². The van der Waals surface area contributed by atoms with Crippen LogP contribution in [0.15, 0.2) is 36.4 Å². The molecule has 0 amide bonds. The van der Waals surface area contributed by atoms with E-state index in [0.717, 1.165) is 30.8 Å². The normalized spacial score (nSPS) is 30.1. The SMILES string of the molecule is CCc1ccc(CNC2CC3CC=CC32)cc1. The first-order chi connectivity index (χ1) is 8.36. The first kappa shape index (κ1) is 11.0. The lowest BCUT2D eigenvalue weighted by atomic mass is 9.71. The summed E-state index contributed by atoms with van der Waals surface area (Å²) in [4.78, 5) is 0. The van der Waals surface area contributed by atoms with Gasteiger partial charge >= 0.3 is 0 Å². The van der Waals surface area contributed by atoms with Crippen LogP contribution in [0.3, 0.4) is 0 Å². The van der Waals surface area contributed by atoms with Crippen molar-refractivity contribution in [3.63, 3.8) is 0 Å². The molecule has 0 heterocycles. The summed E-state index contributed by atoms with van der Waals surface area (Å²) < 4.78 is 0. The maximum atomic E-state index is 3.69. The zero-order chi connectivity index (χ0) is 11.7. The molecule has 1 aromatic rings. The second-order valence-electron chi connectivity index (χ2n) is 5.39. The van der Waals surface area contributed by atoms with Gasteiger partial charge in [-0.15, -0.1) is 0 Å². The van der Waals surface area contributed by atoms with Gasteiger partial charge in [0, 0.05) is 12.6 Å². The van der Waals surface area contributed by atoms with E-state index in [1.807, 2.05) is 0 Å². The number of allylic oxidation sites excluding steroid dienone is 1. The van der Waals surface area contributed by atoms with Gasteiger partial charge < -0.3 is 5.32 Å². The van der Waals surface area contributed by atoms with Crippen LogP contribution in [0.2, 0.25) is 0 Å². The average molecular weight is 227 g/mol. The molecule has 1 nitrogen and oxygen atoms in total. The highest BCUT2D eigenvalue weighted by molar-refractivity contribution is 5.22. The van der Waals surface area contributed by atoms with Crippen LogP contribution < -0.4 is 5.32 Å². The van der Waals surface area contributed by atoms with E-state index in [0.29, 0.717) is 0 Å². The van der Waals surface area contributed by atoms with E-state index in [2.05, 4.69) is 48.7 Å². The van der Waals surface area contributed by atoms with Crippen molar-refractivity contribution >= 4 is 0 Å². The summed E-state index contributed by atoms with van der Waals surface area (Å²) >= 11 is 0. The average Bonchev–Trinajstić information content (AvgIpc) is 2.72. The zero-order valence-electron chi connectivity index (χ0n) is 10.5. The molecule has 17 heavy (non-hydrogen) atoms. The lowest BCUT2D eigenvalue weighted by molar-refractivity contribution is 0.162. The van der Waals surface area contributed by atoms with Crippen molar-refractivity contribution in [1.29, 1.82) is 0 Å². The highest BCUT2D eigenvalue weighted by Crippen LogP contribution is 2.42. The van der Waals surface area contributed by atoms with Gasteiger partial charge in [0.2, 0.25) is 0 Å². The Morgan fingerprint density at radius 1 is 1.18 bits per heavy atom. The van der Waals surface area contributed by atoms with Gasteiger partial charge in [0.15, 0.2) is 0 Å². The summed E-state index contributed by atoms with van der Waals surface area (Å²) in [6.45, 7) is 3.22. The number of fused-ring (bicyclic) bond motifs is 1. The molecule has 0 aromatic heterocycles. The molecule has 0 bridgehead atoms. The van der Waals surface area contributed by atoms with E-state index in [4.69, 9.17) is 0 Å².